The molecule has 2 aromatic heterocycles. The van der Waals surface area contributed by atoms with Crippen molar-refractivity contribution in [2.75, 3.05) is 12.5 Å². The van der Waals surface area contributed by atoms with Crippen LogP contribution in [0.2, 0.25) is 0 Å². The maximum absolute atomic E-state index is 11.7. The van der Waals surface area contributed by atoms with Crippen LogP contribution >= 0.6 is 0 Å². The fourth-order valence-electron chi connectivity index (χ4n) is 5.97. The Balaban J connectivity index is 0.000000256. The van der Waals surface area contributed by atoms with E-state index < -0.39 is 19.7 Å². The Kier molecular flexibility index (Phi) is 14.4. The molecule has 0 aliphatic rings. The summed E-state index contributed by atoms with van der Waals surface area (Å²) in [6.45, 7) is 11.7. The third-order valence-electron chi connectivity index (χ3n) is 9.15. The Labute approximate surface area is 354 Å². The van der Waals surface area contributed by atoms with Gasteiger partial charge in [-0.1, -0.05) is 64.1 Å². The fraction of sp³-hybridized carbons (Fsp3) is 0.238. The molecule has 6 rings (SSSR count). The third kappa shape index (κ3) is 10.5. The number of benzene rings is 4. The summed E-state index contributed by atoms with van der Waals surface area (Å²) in [6, 6.07) is 23.1. The zero-order valence-corrected chi connectivity index (χ0v) is 36.3. The predicted octanol–water partition coefficient (Wildman–Crippen LogP) is 7.74. The van der Waals surface area contributed by atoms with E-state index in [2.05, 4.69) is 47.9 Å². The fourth-order valence-corrected chi connectivity index (χ4v) is 7.25. The zero-order chi connectivity index (χ0) is 42.7. The molecule has 14 nitrogen and oxygen atoms in total. The first kappa shape index (κ1) is 45.9. The molecule has 4 aromatic carbocycles. The number of nitrogens with zero attached hydrogens (tertiary/aromatic N) is 6. The van der Waals surface area contributed by atoms with Crippen molar-refractivity contribution in [3.8, 4) is 34.6 Å². The van der Waals surface area contributed by atoms with E-state index in [0.29, 0.717) is 22.5 Å². The van der Waals surface area contributed by atoms with Crippen molar-refractivity contribution in [2.24, 2.45) is 9.98 Å². The molecule has 0 saturated carbocycles. The largest absolute Gasteiger partial charge is 0.506 e. The summed E-state index contributed by atoms with van der Waals surface area (Å²) in [5.74, 6) is -0.0197. The van der Waals surface area contributed by atoms with Crippen molar-refractivity contribution >= 4 is 43.5 Å². The van der Waals surface area contributed by atoms with E-state index in [9.17, 15) is 37.3 Å². The normalized spacial score (nSPS) is 12.0. The number of rotatable bonds is 10. The van der Waals surface area contributed by atoms with Crippen LogP contribution in [0.3, 0.4) is 0 Å². The van der Waals surface area contributed by atoms with Crippen molar-refractivity contribution < 1.29 is 54.0 Å². The van der Waals surface area contributed by atoms with Crippen LogP contribution in [0.5, 0.6) is 23.3 Å². The van der Waals surface area contributed by atoms with Gasteiger partial charge in [0.1, 0.15) is 22.9 Å². The maximum atomic E-state index is 11.7. The van der Waals surface area contributed by atoms with E-state index >= 15 is 0 Å². The molecule has 0 saturated heterocycles. The monoisotopic (exact) mass is 885 g/mol. The number of aliphatic imine (C=N–C) groups is 2. The Morgan fingerprint density at radius 1 is 0.576 bits per heavy atom. The van der Waals surface area contributed by atoms with Gasteiger partial charge in [-0.2, -0.15) is 10.2 Å². The quantitative estimate of drug-likeness (QED) is 0.0984. The Bertz CT molecular complexity index is 2590. The first-order valence-corrected chi connectivity index (χ1v) is 21.9. The van der Waals surface area contributed by atoms with Crippen LogP contribution in [-0.4, -0.2) is 81.8 Å². The average molecular weight is 886 g/mol. The van der Waals surface area contributed by atoms with Gasteiger partial charge in [-0.05, 0) is 85.3 Å². The molecule has 2 heterocycles. The summed E-state index contributed by atoms with van der Waals surface area (Å²) in [6.07, 6.45) is 4.90. The van der Waals surface area contributed by atoms with Gasteiger partial charge in [-0.3, -0.25) is 9.98 Å². The van der Waals surface area contributed by atoms with Crippen molar-refractivity contribution in [1.29, 1.82) is 0 Å². The number of aryl methyl sites for hydroxylation is 2. The van der Waals surface area contributed by atoms with Crippen LogP contribution in [0.25, 0.3) is 11.4 Å². The van der Waals surface area contributed by atoms with Crippen LogP contribution in [0.1, 0.15) is 73.2 Å². The summed E-state index contributed by atoms with van der Waals surface area (Å²) < 4.78 is 49.9. The van der Waals surface area contributed by atoms with Crippen molar-refractivity contribution in [1.82, 2.24) is 19.6 Å². The van der Waals surface area contributed by atoms with E-state index in [4.69, 9.17) is 0 Å². The van der Waals surface area contributed by atoms with E-state index in [-0.39, 0.29) is 73.0 Å². The van der Waals surface area contributed by atoms with Crippen molar-refractivity contribution in [3.05, 3.63) is 119 Å². The van der Waals surface area contributed by atoms with E-state index in [1.165, 1.54) is 58.2 Å². The minimum absolute atomic E-state index is 0. The van der Waals surface area contributed by atoms with Crippen LogP contribution in [0, 0.1) is 13.8 Å². The Morgan fingerprint density at radius 2 is 0.915 bits per heavy atom. The molecule has 17 heteroatoms. The number of hydrogen-bond acceptors (Lipinski definition) is 12. The first-order valence-electron chi connectivity index (χ1n) is 18.1. The molecular formula is C42H46CoN6O8S2. The molecule has 1 radical (unpaired) electrons. The van der Waals surface area contributed by atoms with Crippen molar-refractivity contribution in [3.63, 3.8) is 0 Å². The Morgan fingerprint density at radius 3 is 1.24 bits per heavy atom. The van der Waals surface area contributed by atoms with Gasteiger partial charge in [0, 0.05) is 41.7 Å². The first-order chi connectivity index (χ1) is 27.2. The van der Waals surface area contributed by atoms with Gasteiger partial charge < -0.3 is 20.4 Å². The average Bonchev–Trinajstić information content (AvgIpc) is 3.61. The Hall–Kier alpha value is -5.75. The molecule has 0 amide bonds. The molecule has 0 atom stereocenters. The van der Waals surface area contributed by atoms with E-state index in [0.717, 1.165) is 35.0 Å². The van der Waals surface area contributed by atoms with Gasteiger partial charge in [0.05, 0.1) is 43.7 Å². The van der Waals surface area contributed by atoms with Crippen LogP contribution in [0.4, 0.5) is 11.4 Å². The molecule has 0 aliphatic carbocycles. The molecular weight excluding hydrogens is 840 g/mol. The number of para-hydroxylation sites is 2. The summed E-state index contributed by atoms with van der Waals surface area (Å²) in [4.78, 5) is 8.46. The van der Waals surface area contributed by atoms with Crippen LogP contribution in [0.15, 0.2) is 105 Å². The van der Waals surface area contributed by atoms with Gasteiger partial charge in [-0.25, -0.2) is 26.2 Å². The number of aromatic hydroxyl groups is 4. The summed E-state index contributed by atoms with van der Waals surface area (Å²) in [5.41, 5.74) is 5.63. The number of hydrogen-bond donors (Lipinski definition) is 4. The molecule has 6 aromatic rings. The third-order valence-corrected chi connectivity index (χ3v) is 11.4. The van der Waals surface area contributed by atoms with E-state index in [1.54, 1.807) is 13.8 Å². The molecule has 4 N–H and O–H groups in total. The summed E-state index contributed by atoms with van der Waals surface area (Å²) in [5, 5.41) is 50.4. The number of aromatic nitrogens is 4. The molecule has 0 spiro atoms. The molecule has 0 unspecified atom stereocenters. The summed E-state index contributed by atoms with van der Waals surface area (Å²) >= 11 is 0. The molecule has 0 fully saturated rings. The molecule has 0 bridgehead atoms. The summed E-state index contributed by atoms with van der Waals surface area (Å²) in [7, 11) is -6.87. The van der Waals surface area contributed by atoms with Gasteiger partial charge in [0.2, 0.25) is 11.8 Å². The number of sulfone groups is 2. The molecule has 0 aliphatic heterocycles. The standard InChI is InChI=1S/2C21H23N3O4S.Co/c2*1-13(2)16-7-5-6-8-19(16)24-21(26)17(14(3)23-24)12-22-18-11-15(29(4,27)28)9-10-20(18)25;/h2*5-13,25-26H,1-4H3;. The van der Waals surface area contributed by atoms with E-state index in [1.807, 2.05) is 48.5 Å². The van der Waals surface area contributed by atoms with Crippen LogP contribution < -0.4 is 0 Å². The zero-order valence-electron chi connectivity index (χ0n) is 33.6. The smallest absolute Gasteiger partial charge is 0.223 e. The van der Waals surface area contributed by atoms with Gasteiger partial charge in [-0.15, -0.1) is 0 Å². The maximum Gasteiger partial charge on any atom is 0.223 e. The topological polar surface area (TPSA) is 210 Å². The van der Waals surface area contributed by atoms with Crippen molar-refractivity contribution in [2.45, 2.75) is 63.2 Å². The second kappa shape index (κ2) is 18.4. The van der Waals surface area contributed by atoms with Gasteiger partial charge in [0.15, 0.2) is 19.7 Å². The second-order valence-electron chi connectivity index (χ2n) is 14.3. The minimum atomic E-state index is -3.44. The molecule has 59 heavy (non-hydrogen) atoms. The number of phenolic OH excluding ortho intramolecular Hbond substituents is 2. The van der Waals surface area contributed by atoms with Crippen LogP contribution in [-0.2, 0) is 36.5 Å². The van der Waals surface area contributed by atoms with Gasteiger partial charge >= 0.3 is 0 Å². The van der Waals surface area contributed by atoms with Gasteiger partial charge in [0.25, 0.3) is 0 Å². The second-order valence-corrected chi connectivity index (χ2v) is 18.3. The molecule has 313 valence electrons. The SMILES string of the molecule is Cc1nn(-c2ccccc2C(C)C)c(O)c1C=Nc1cc(S(C)(=O)=O)ccc1O.Cc1nn(-c2ccccc2C(C)C)c(O)c1C=Nc1cc(S(C)(=O)=O)ccc1O.[Co]. The predicted molar refractivity (Wildman–Crippen MR) is 225 cm³/mol. The minimum Gasteiger partial charge on any atom is -0.506 e. The number of phenols is 2.